The molecule has 0 saturated heterocycles. The molecule has 13 rings (SSSR count). The molecule has 0 amide bonds. The standard InChI is InChI=1S/C61H52N2S/c1-60(2)50-30-28-41(34-46(50)48-37-53-47(36-52(48)60)43-24-13-14-27-51(43)61(53)32-15-6-16-33-61)42-29-31-54-49(35-42)44-25-17-26-45(59(44)64-54)58-57(40-22-11-5-12-23-40)62-55(38-18-7-3-8-19-38)56(63-58)39-20-9-4-10-21-39/h3-5,7,9-14,17-18,20-31,34-37,47,53,56,63H,6,8,15-16,19,32-33H2,1-2H3. The maximum atomic E-state index is 5.65. The molecule has 1 aromatic heterocycles. The van der Waals surface area contributed by atoms with E-state index in [1.54, 1.807) is 11.1 Å². The lowest BCUT2D eigenvalue weighted by Crippen LogP contribution is -2.35. The molecule has 2 nitrogen and oxygen atoms in total. The van der Waals surface area contributed by atoms with Gasteiger partial charge in [-0.3, -0.25) is 0 Å². The zero-order chi connectivity index (χ0) is 42.6. The van der Waals surface area contributed by atoms with Crippen LogP contribution in [0.1, 0.15) is 110 Å². The molecule has 5 aliphatic carbocycles. The zero-order valence-corrected chi connectivity index (χ0v) is 37.5. The predicted octanol–water partition coefficient (Wildman–Crippen LogP) is 15.8. The van der Waals surface area contributed by atoms with Crippen molar-refractivity contribution in [3.63, 3.8) is 0 Å². The van der Waals surface area contributed by atoms with Crippen LogP contribution in [0.2, 0.25) is 0 Å². The van der Waals surface area contributed by atoms with E-state index in [1.807, 2.05) is 11.3 Å². The lowest BCUT2D eigenvalue weighted by Gasteiger charge is -2.41. The van der Waals surface area contributed by atoms with Gasteiger partial charge in [-0.2, -0.15) is 0 Å². The molecule has 1 spiro atoms. The zero-order valence-electron chi connectivity index (χ0n) is 36.7. The summed E-state index contributed by atoms with van der Waals surface area (Å²) in [4.78, 5) is 5.65. The molecule has 312 valence electrons. The van der Waals surface area contributed by atoms with Gasteiger partial charge in [0.25, 0.3) is 0 Å². The minimum absolute atomic E-state index is 0.0407. The minimum atomic E-state index is -0.0693. The highest BCUT2D eigenvalue weighted by atomic mass is 32.1. The Kier molecular flexibility index (Phi) is 8.73. The fourth-order valence-corrected chi connectivity index (χ4v) is 14.0. The quantitative estimate of drug-likeness (QED) is 0.183. The first-order valence-corrected chi connectivity index (χ1v) is 24.5. The van der Waals surface area contributed by atoms with Gasteiger partial charge in [0.1, 0.15) is 0 Å². The highest BCUT2D eigenvalue weighted by Gasteiger charge is 2.53. The Balaban J connectivity index is 0.929. The molecule has 2 heterocycles. The van der Waals surface area contributed by atoms with Crippen molar-refractivity contribution in [1.82, 2.24) is 5.32 Å². The van der Waals surface area contributed by atoms with Crippen molar-refractivity contribution in [3.05, 3.63) is 220 Å². The molecular formula is C61H52N2S. The van der Waals surface area contributed by atoms with Crippen molar-refractivity contribution >= 4 is 54.2 Å². The van der Waals surface area contributed by atoms with E-state index in [1.165, 1.54) is 102 Å². The summed E-state index contributed by atoms with van der Waals surface area (Å²) >= 11 is 1.90. The molecule has 0 radical (unpaired) electrons. The average molecular weight is 845 g/mol. The van der Waals surface area contributed by atoms with Crippen LogP contribution in [-0.2, 0) is 10.8 Å². The number of hydrogen-bond acceptors (Lipinski definition) is 3. The molecule has 1 saturated carbocycles. The van der Waals surface area contributed by atoms with Gasteiger partial charge in [0, 0.05) is 48.0 Å². The molecule has 3 unspecified atom stereocenters. The van der Waals surface area contributed by atoms with Crippen LogP contribution in [0.15, 0.2) is 186 Å². The number of fused-ring (bicyclic) bond motifs is 11. The molecular weight excluding hydrogens is 793 g/mol. The fourth-order valence-electron chi connectivity index (χ4n) is 12.8. The average Bonchev–Trinajstić information content (AvgIpc) is 3.94. The molecule has 64 heavy (non-hydrogen) atoms. The molecule has 3 atom stereocenters. The van der Waals surface area contributed by atoms with Crippen LogP contribution in [0.4, 0.5) is 0 Å². The molecule has 0 bridgehead atoms. The molecule has 6 aromatic carbocycles. The van der Waals surface area contributed by atoms with Crippen LogP contribution in [-0.4, -0.2) is 5.71 Å². The predicted molar refractivity (Wildman–Crippen MR) is 271 cm³/mol. The van der Waals surface area contributed by atoms with Gasteiger partial charge in [-0.25, -0.2) is 4.99 Å². The van der Waals surface area contributed by atoms with Gasteiger partial charge < -0.3 is 5.32 Å². The second-order valence-electron chi connectivity index (χ2n) is 19.6. The monoisotopic (exact) mass is 844 g/mol. The van der Waals surface area contributed by atoms with E-state index in [0.29, 0.717) is 11.8 Å². The summed E-state index contributed by atoms with van der Waals surface area (Å²) in [6.07, 6.45) is 20.9. The summed E-state index contributed by atoms with van der Waals surface area (Å²) in [6, 6.07) is 52.4. The summed E-state index contributed by atoms with van der Waals surface area (Å²) in [5.74, 6) is 0.989. The number of allylic oxidation sites excluding steroid dienone is 7. The summed E-state index contributed by atoms with van der Waals surface area (Å²) in [5.41, 5.74) is 19.9. The Bertz CT molecular complexity index is 3250. The van der Waals surface area contributed by atoms with Crippen LogP contribution in [0, 0.1) is 5.92 Å². The Morgan fingerprint density at radius 1 is 0.672 bits per heavy atom. The third-order valence-corrected chi connectivity index (χ3v) is 17.1. The first kappa shape index (κ1) is 38.2. The van der Waals surface area contributed by atoms with E-state index in [4.69, 9.17) is 4.99 Å². The molecule has 3 heteroatoms. The van der Waals surface area contributed by atoms with Gasteiger partial charge in [0.15, 0.2) is 0 Å². The maximum absolute atomic E-state index is 5.65. The van der Waals surface area contributed by atoms with Crippen molar-refractivity contribution in [1.29, 1.82) is 0 Å². The number of aliphatic imine (C=N–C) groups is 1. The van der Waals surface area contributed by atoms with Gasteiger partial charge in [-0.1, -0.05) is 185 Å². The van der Waals surface area contributed by atoms with Crippen LogP contribution in [0.3, 0.4) is 0 Å². The van der Waals surface area contributed by atoms with Gasteiger partial charge in [-0.05, 0) is 105 Å². The topological polar surface area (TPSA) is 24.4 Å². The van der Waals surface area contributed by atoms with E-state index < -0.39 is 0 Å². The number of nitrogens with zero attached hydrogens (tertiary/aromatic N) is 1. The Morgan fingerprint density at radius 2 is 1.45 bits per heavy atom. The van der Waals surface area contributed by atoms with Gasteiger partial charge >= 0.3 is 0 Å². The molecule has 6 aliphatic rings. The first-order valence-electron chi connectivity index (χ1n) is 23.7. The van der Waals surface area contributed by atoms with Gasteiger partial charge in [-0.15, -0.1) is 11.3 Å². The van der Waals surface area contributed by atoms with Crippen LogP contribution in [0.25, 0.3) is 48.3 Å². The normalized spacial score (nSPS) is 22.6. The highest BCUT2D eigenvalue weighted by Crippen LogP contribution is 2.64. The smallest absolute Gasteiger partial charge is 0.0944 e. The fraction of sp³-hybridized carbons (Fsp3) is 0.230. The van der Waals surface area contributed by atoms with E-state index >= 15 is 0 Å². The van der Waals surface area contributed by atoms with Crippen molar-refractivity contribution in [2.45, 2.75) is 81.6 Å². The Labute approximate surface area is 381 Å². The van der Waals surface area contributed by atoms with Crippen LogP contribution in [0.5, 0.6) is 0 Å². The lowest BCUT2D eigenvalue weighted by atomic mass is 9.62. The third kappa shape index (κ3) is 5.72. The lowest BCUT2D eigenvalue weighted by molar-refractivity contribution is 0.233. The van der Waals surface area contributed by atoms with Crippen LogP contribution >= 0.6 is 11.3 Å². The third-order valence-electron chi connectivity index (χ3n) is 15.9. The largest absolute Gasteiger partial charge is 0.370 e. The molecule has 1 aliphatic heterocycles. The molecule has 1 fully saturated rings. The summed E-state index contributed by atoms with van der Waals surface area (Å²) < 4.78 is 2.59. The van der Waals surface area contributed by atoms with E-state index in [9.17, 15) is 0 Å². The summed E-state index contributed by atoms with van der Waals surface area (Å²) in [7, 11) is 0. The van der Waals surface area contributed by atoms with Crippen LogP contribution < -0.4 is 5.32 Å². The number of hydrogen-bond donors (Lipinski definition) is 1. The second-order valence-corrected chi connectivity index (χ2v) is 20.7. The molecule has 7 aromatic rings. The number of rotatable bonds is 5. The van der Waals surface area contributed by atoms with E-state index in [2.05, 4.69) is 189 Å². The van der Waals surface area contributed by atoms with E-state index in [-0.39, 0.29) is 16.9 Å². The maximum Gasteiger partial charge on any atom is 0.0944 e. The van der Waals surface area contributed by atoms with Crippen molar-refractivity contribution in [2.24, 2.45) is 10.9 Å². The Hall–Kier alpha value is -6.29. The number of nitrogens with one attached hydrogen (secondary N) is 1. The summed E-state index contributed by atoms with van der Waals surface area (Å²) in [5, 5.41) is 6.73. The van der Waals surface area contributed by atoms with Gasteiger partial charge in [0.2, 0.25) is 0 Å². The first-order chi connectivity index (χ1) is 31.5. The number of thiophene rings is 1. The SMILES string of the molecule is CC1(C)C2=CC3c4ccccc4C4(CCCCC4)C3C=C2c2cc(-c3ccc4sc5c(C6=C(c7ccccc7)N=C(C7=CC=CCC7)C(c7ccccc7)N6)cccc5c4c3)ccc21. The van der Waals surface area contributed by atoms with Crippen molar-refractivity contribution in [3.8, 4) is 11.1 Å². The van der Waals surface area contributed by atoms with E-state index in [0.717, 1.165) is 35.5 Å². The van der Waals surface area contributed by atoms with Gasteiger partial charge in [0.05, 0.1) is 23.1 Å². The second kappa shape index (κ2) is 14.6. The Morgan fingerprint density at radius 3 is 2.28 bits per heavy atom. The molecule has 1 N–H and O–H groups in total. The van der Waals surface area contributed by atoms with Crippen molar-refractivity contribution in [2.75, 3.05) is 0 Å². The minimum Gasteiger partial charge on any atom is -0.370 e. The summed E-state index contributed by atoms with van der Waals surface area (Å²) in [6.45, 7) is 4.91. The highest BCUT2D eigenvalue weighted by molar-refractivity contribution is 7.26. The number of benzene rings is 6. The van der Waals surface area contributed by atoms with Crippen molar-refractivity contribution < 1.29 is 0 Å².